The molecular weight excluding hydrogens is 230 g/mol. The number of nitrogens with zero attached hydrogens (tertiary/aromatic N) is 4. The summed E-state index contributed by atoms with van der Waals surface area (Å²) < 4.78 is 1.39. The molecule has 0 aliphatic heterocycles. The van der Waals surface area contributed by atoms with Crippen LogP contribution in [0.15, 0.2) is 6.33 Å². The fourth-order valence-corrected chi connectivity index (χ4v) is 2.35. The number of nitrogens with one attached hydrogen (secondary N) is 1. The molecule has 2 rings (SSSR count). The number of nitriles is 1. The zero-order valence-electron chi connectivity index (χ0n) is 10.5. The average molecular weight is 247 g/mol. The molecule has 1 N–H and O–H groups in total. The van der Waals surface area contributed by atoms with Crippen LogP contribution in [0.25, 0.3) is 0 Å². The first-order chi connectivity index (χ1) is 8.69. The van der Waals surface area contributed by atoms with Crippen molar-refractivity contribution in [3.63, 3.8) is 0 Å². The van der Waals surface area contributed by atoms with Gasteiger partial charge in [0.15, 0.2) is 0 Å². The van der Waals surface area contributed by atoms with Crippen molar-refractivity contribution in [1.29, 1.82) is 5.26 Å². The second-order valence-electron chi connectivity index (χ2n) is 4.81. The van der Waals surface area contributed by atoms with E-state index in [1.807, 2.05) is 6.07 Å². The highest BCUT2D eigenvalue weighted by atomic mass is 16.2. The third-order valence-corrected chi connectivity index (χ3v) is 3.40. The molecule has 0 unspecified atom stereocenters. The van der Waals surface area contributed by atoms with Crippen molar-refractivity contribution in [2.45, 2.75) is 45.2 Å². The van der Waals surface area contributed by atoms with Crippen LogP contribution in [0.1, 0.15) is 38.4 Å². The van der Waals surface area contributed by atoms with Crippen LogP contribution in [-0.2, 0) is 11.3 Å². The molecule has 1 aromatic rings. The number of aromatic nitrogens is 3. The van der Waals surface area contributed by atoms with Gasteiger partial charge in [-0.1, -0.05) is 19.8 Å². The Morgan fingerprint density at radius 3 is 3.06 bits per heavy atom. The van der Waals surface area contributed by atoms with Crippen LogP contribution in [-0.4, -0.2) is 26.7 Å². The van der Waals surface area contributed by atoms with Gasteiger partial charge in [-0.25, -0.2) is 9.67 Å². The smallest absolute Gasteiger partial charge is 0.252 e. The lowest BCUT2D eigenvalue weighted by Crippen LogP contribution is -2.42. The van der Waals surface area contributed by atoms with Crippen LogP contribution in [0.4, 0.5) is 0 Å². The summed E-state index contributed by atoms with van der Waals surface area (Å²) in [7, 11) is 0. The molecule has 2 atom stereocenters. The Kier molecular flexibility index (Phi) is 3.92. The van der Waals surface area contributed by atoms with Crippen molar-refractivity contribution in [2.75, 3.05) is 0 Å². The number of carbonyl (C=O) groups is 1. The van der Waals surface area contributed by atoms with Gasteiger partial charge < -0.3 is 5.32 Å². The lowest BCUT2D eigenvalue weighted by atomic mass is 9.86. The molecule has 1 aromatic heterocycles. The summed E-state index contributed by atoms with van der Waals surface area (Å²) in [5, 5.41) is 15.5. The Balaban J connectivity index is 1.86. The standard InChI is InChI=1S/C12H17N5O/c1-9-4-2-3-5-10(9)15-12(18)7-17-8-14-11(6-13)16-17/h8-10H,2-5,7H2,1H3,(H,15,18)/t9-,10+/m1/s1. The third-order valence-electron chi connectivity index (χ3n) is 3.40. The van der Waals surface area contributed by atoms with Crippen molar-refractivity contribution < 1.29 is 4.79 Å². The van der Waals surface area contributed by atoms with Gasteiger partial charge in [-0.3, -0.25) is 4.79 Å². The van der Waals surface area contributed by atoms with E-state index in [2.05, 4.69) is 22.3 Å². The minimum absolute atomic E-state index is 0.0665. The fraction of sp³-hybridized carbons (Fsp3) is 0.667. The van der Waals surface area contributed by atoms with E-state index in [0.717, 1.165) is 6.42 Å². The van der Waals surface area contributed by atoms with Crippen LogP contribution in [0.2, 0.25) is 0 Å². The van der Waals surface area contributed by atoms with E-state index in [1.165, 1.54) is 30.3 Å². The molecule has 6 heteroatoms. The highest BCUT2D eigenvalue weighted by Crippen LogP contribution is 2.23. The Morgan fingerprint density at radius 1 is 1.61 bits per heavy atom. The molecule has 6 nitrogen and oxygen atoms in total. The van der Waals surface area contributed by atoms with Gasteiger partial charge in [-0.05, 0) is 18.8 Å². The minimum atomic E-state index is -0.0665. The largest absolute Gasteiger partial charge is 0.351 e. The molecule has 1 aliphatic rings. The lowest BCUT2D eigenvalue weighted by Gasteiger charge is -2.29. The van der Waals surface area contributed by atoms with Gasteiger partial charge in [0.1, 0.15) is 18.9 Å². The van der Waals surface area contributed by atoms with Gasteiger partial charge in [-0.15, -0.1) is 5.10 Å². The number of hydrogen-bond acceptors (Lipinski definition) is 4. The Hall–Kier alpha value is -1.90. The molecule has 0 aromatic carbocycles. The summed E-state index contributed by atoms with van der Waals surface area (Å²) in [4.78, 5) is 15.6. The maximum atomic E-state index is 11.8. The zero-order chi connectivity index (χ0) is 13.0. The van der Waals surface area contributed by atoms with Crippen LogP contribution >= 0.6 is 0 Å². The van der Waals surface area contributed by atoms with E-state index < -0.39 is 0 Å². The highest BCUT2D eigenvalue weighted by Gasteiger charge is 2.22. The summed E-state index contributed by atoms with van der Waals surface area (Å²) in [5.41, 5.74) is 0. The minimum Gasteiger partial charge on any atom is -0.351 e. The van der Waals surface area contributed by atoms with E-state index in [0.29, 0.717) is 5.92 Å². The molecule has 1 amide bonds. The van der Waals surface area contributed by atoms with Crippen LogP contribution < -0.4 is 5.32 Å². The van der Waals surface area contributed by atoms with Crippen LogP contribution in [0.5, 0.6) is 0 Å². The van der Waals surface area contributed by atoms with Gasteiger partial charge in [0.05, 0.1) is 0 Å². The van der Waals surface area contributed by atoms with Crippen molar-refractivity contribution in [3.05, 3.63) is 12.2 Å². The molecule has 0 saturated heterocycles. The second-order valence-corrected chi connectivity index (χ2v) is 4.81. The fourth-order valence-electron chi connectivity index (χ4n) is 2.35. The quantitative estimate of drug-likeness (QED) is 0.858. The lowest BCUT2D eigenvalue weighted by molar-refractivity contribution is -0.123. The molecule has 96 valence electrons. The van der Waals surface area contributed by atoms with Gasteiger partial charge in [0.2, 0.25) is 5.91 Å². The van der Waals surface area contributed by atoms with Crippen molar-refractivity contribution in [1.82, 2.24) is 20.1 Å². The average Bonchev–Trinajstić information content (AvgIpc) is 2.80. The Labute approximate surface area is 106 Å². The monoisotopic (exact) mass is 247 g/mol. The van der Waals surface area contributed by atoms with E-state index >= 15 is 0 Å². The Bertz CT molecular complexity index is 461. The number of carbonyl (C=O) groups excluding carboxylic acids is 1. The summed E-state index contributed by atoms with van der Waals surface area (Å²) in [6, 6.07) is 2.10. The van der Waals surface area contributed by atoms with E-state index in [-0.39, 0.29) is 24.3 Å². The topological polar surface area (TPSA) is 83.6 Å². The maximum Gasteiger partial charge on any atom is 0.252 e. The molecule has 0 radical (unpaired) electrons. The SMILES string of the molecule is C[C@@H]1CCCC[C@@H]1NC(=O)Cn1cnc(C#N)n1. The highest BCUT2D eigenvalue weighted by molar-refractivity contribution is 5.75. The maximum absolute atomic E-state index is 11.8. The summed E-state index contributed by atoms with van der Waals surface area (Å²) in [5.74, 6) is 0.560. The van der Waals surface area contributed by atoms with E-state index in [1.54, 1.807) is 0 Å². The van der Waals surface area contributed by atoms with Gasteiger partial charge in [0.25, 0.3) is 5.82 Å². The van der Waals surface area contributed by atoms with Crippen LogP contribution in [0.3, 0.4) is 0 Å². The number of amides is 1. The predicted molar refractivity (Wildman–Crippen MR) is 64.3 cm³/mol. The first-order valence-corrected chi connectivity index (χ1v) is 6.28. The second kappa shape index (κ2) is 5.63. The summed E-state index contributed by atoms with van der Waals surface area (Å²) in [6.07, 6.45) is 6.06. The first kappa shape index (κ1) is 12.6. The third kappa shape index (κ3) is 3.06. The number of rotatable bonds is 3. The van der Waals surface area contributed by atoms with Crippen molar-refractivity contribution >= 4 is 5.91 Å². The predicted octanol–water partition coefficient (Wildman–Crippen LogP) is 0.845. The zero-order valence-corrected chi connectivity index (χ0v) is 10.5. The molecule has 18 heavy (non-hydrogen) atoms. The van der Waals surface area contributed by atoms with E-state index in [4.69, 9.17) is 5.26 Å². The number of hydrogen-bond donors (Lipinski definition) is 1. The normalized spacial score (nSPS) is 23.3. The first-order valence-electron chi connectivity index (χ1n) is 6.28. The van der Waals surface area contributed by atoms with Crippen molar-refractivity contribution in [3.8, 4) is 6.07 Å². The van der Waals surface area contributed by atoms with Crippen molar-refractivity contribution in [2.24, 2.45) is 5.92 Å². The van der Waals surface area contributed by atoms with Crippen LogP contribution in [0, 0.1) is 17.2 Å². The Morgan fingerprint density at radius 2 is 2.39 bits per heavy atom. The van der Waals surface area contributed by atoms with E-state index in [9.17, 15) is 4.79 Å². The molecular formula is C12H17N5O. The summed E-state index contributed by atoms with van der Waals surface area (Å²) >= 11 is 0. The van der Waals surface area contributed by atoms with Gasteiger partial charge in [0, 0.05) is 6.04 Å². The summed E-state index contributed by atoms with van der Waals surface area (Å²) in [6.45, 7) is 2.30. The molecule has 1 aliphatic carbocycles. The molecule has 1 saturated carbocycles. The van der Waals surface area contributed by atoms with Gasteiger partial charge in [-0.2, -0.15) is 5.26 Å². The van der Waals surface area contributed by atoms with Gasteiger partial charge >= 0.3 is 0 Å². The molecule has 1 fully saturated rings. The molecule has 0 spiro atoms. The molecule has 0 bridgehead atoms. The molecule has 1 heterocycles.